The SMILES string of the molecule is COc1ccc(OC)c(C(=O)CCc2nccn2C)c1. The zero-order valence-electron chi connectivity index (χ0n) is 11.9. The van der Waals surface area contributed by atoms with Crippen LogP contribution in [0.25, 0.3) is 0 Å². The quantitative estimate of drug-likeness (QED) is 0.758. The lowest BCUT2D eigenvalue weighted by Gasteiger charge is -2.09. The van der Waals surface area contributed by atoms with E-state index in [4.69, 9.17) is 9.47 Å². The summed E-state index contributed by atoms with van der Waals surface area (Å²) in [6.45, 7) is 0. The molecule has 0 saturated carbocycles. The highest BCUT2D eigenvalue weighted by molar-refractivity contribution is 5.99. The molecule has 0 radical (unpaired) electrons. The van der Waals surface area contributed by atoms with E-state index in [1.54, 1.807) is 38.6 Å². The second kappa shape index (κ2) is 6.23. The normalized spacial score (nSPS) is 10.3. The Hall–Kier alpha value is -2.30. The summed E-state index contributed by atoms with van der Waals surface area (Å²) in [5.74, 6) is 2.12. The number of benzene rings is 1. The van der Waals surface area contributed by atoms with Crippen LogP contribution in [0.3, 0.4) is 0 Å². The number of hydrogen-bond donors (Lipinski definition) is 0. The van der Waals surface area contributed by atoms with Crippen molar-refractivity contribution in [3.05, 3.63) is 42.0 Å². The van der Waals surface area contributed by atoms with Crippen LogP contribution < -0.4 is 9.47 Å². The zero-order valence-corrected chi connectivity index (χ0v) is 11.9. The van der Waals surface area contributed by atoms with Gasteiger partial charge in [-0.25, -0.2) is 4.98 Å². The monoisotopic (exact) mass is 274 g/mol. The number of hydrogen-bond acceptors (Lipinski definition) is 4. The largest absolute Gasteiger partial charge is 0.497 e. The highest BCUT2D eigenvalue weighted by atomic mass is 16.5. The van der Waals surface area contributed by atoms with Crippen molar-refractivity contribution in [2.45, 2.75) is 12.8 Å². The molecule has 0 aliphatic heterocycles. The number of nitrogens with zero attached hydrogens (tertiary/aromatic N) is 2. The van der Waals surface area contributed by atoms with Gasteiger partial charge in [-0.1, -0.05) is 0 Å². The molecule has 0 atom stereocenters. The lowest BCUT2D eigenvalue weighted by atomic mass is 10.0. The van der Waals surface area contributed by atoms with E-state index in [0.717, 1.165) is 5.82 Å². The standard InChI is InChI=1S/C15H18N2O3/c1-17-9-8-16-15(17)7-5-13(18)12-10-11(19-2)4-6-14(12)20-3/h4,6,8-10H,5,7H2,1-3H3. The second-order valence-corrected chi connectivity index (χ2v) is 4.44. The number of aromatic nitrogens is 2. The van der Waals surface area contributed by atoms with E-state index >= 15 is 0 Å². The summed E-state index contributed by atoms with van der Waals surface area (Å²) in [5, 5.41) is 0. The Balaban J connectivity index is 2.14. The van der Waals surface area contributed by atoms with E-state index in [0.29, 0.717) is 29.9 Å². The minimum atomic E-state index is 0.0174. The fourth-order valence-electron chi connectivity index (χ4n) is 2.03. The minimum absolute atomic E-state index is 0.0174. The summed E-state index contributed by atoms with van der Waals surface area (Å²) in [6.07, 6.45) is 4.58. The van der Waals surface area contributed by atoms with Crippen LogP contribution >= 0.6 is 0 Å². The van der Waals surface area contributed by atoms with E-state index < -0.39 is 0 Å². The maximum absolute atomic E-state index is 12.3. The van der Waals surface area contributed by atoms with Gasteiger partial charge in [0.05, 0.1) is 19.8 Å². The van der Waals surface area contributed by atoms with Gasteiger partial charge in [0.1, 0.15) is 17.3 Å². The molecule has 0 saturated heterocycles. The Kier molecular flexibility index (Phi) is 4.40. The van der Waals surface area contributed by atoms with Crippen molar-refractivity contribution in [1.82, 2.24) is 9.55 Å². The van der Waals surface area contributed by atoms with Gasteiger partial charge in [-0.15, -0.1) is 0 Å². The van der Waals surface area contributed by atoms with E-state index in [2.05, 4.69) is 4.98 Å². The van der Waals surface area contributed by atoms with Gasteiger partial charge < -0.3 is 14.0 Å². The van der Waals surface area contributed by atoms with Gasteiger partial charge in [0.2, 0.25) is 0 Å². The van der Waals surface area contributed by atoms with Crippen molar-refractivity contribution in [3.63, 3.8) is 0 Å². The van der Waals surface area contributed by atoms with Crippen LogP contribution in [0.4, 0.5) is 0 Å². The summed E-state index contributed by atoms with van der Waals surface area (Å²) >= 11 is 0. The topological polar surface area (TPSA) is 53.4 Å². The first kappa shape index (κ1) is 14.1. The summed E-state index contributed by atoms with van der Waals surface area (Å²) in [5.41, 5.74) is 0.543. The summed E-state index contributed by atoms with van der Waals surface area (Å²) in [6, 6.07) is 5.22. The van der Waals surface area contributed by atoms with E-state index in [-0.39, 0.29) is 5.78 Å². The van der Waals surface area contributed by atoms with Crippen molar-refractivity contribution in [2.75, 3.05) is 14.2 Å². The Labute approximate surface area is 118 Å². The van der Waals surface area contributed by atoms with Crippen molar-refractivity contribution in [1.29, 1.82) is 0 Å². The molecule has 5 heteroatoms. The molecular formula is C15H18N2O3. The van der Waals surface area contributed by atoms with Crippen LogP contribution in [0.2, 0.25) is 0 Å². The molecule has 0 fully saturated rings. The van der Waals surface area contributed by atoms with Gasteiger partial charge in [0.25, 0.3) is 0 Å². The van der Waals surface area contributed by atoms with E-state index in [1.807, 2.05) is 17.8 Å². The molecule has 2 aromatic rings. The first-order chi connectivity index (χ1) is 9.65. The number of methoxy groups -OCH3 is 2. The maximum Gasteiger partial charge on any atom is 0.167 e. The van der Waals surface area contributed by atoms with Gasteiger partial charge in [0, 0.05) is 32.3 Å². The van der Waals surface area contributed by atoms with Gasteiger partial charge in [0.15, 0.2) is 5.78 Å². The van der Waals surface area contributed by atoms with Crippen LogP contribution in [-0.4, -0.2) is 29.6 Å². The van der Waals surface area contributed by atoms with Gasteiger partial charge >= 0.3 is 0 Å². The Morgan fingerprint density at radius 1 is 1.30 bits per heavy atom. The summed E-state index contributed by atoms with van der Waals surface area (Å²) < 4.78 is 12.3. The van der Waals surface area contributed by atoms with Crippen molar-refractivity contribution >= 4 is 5.78 Å². The molecule has 1 aromatic carbocycles. The molecule has 5 nitrogen and oxygen atoms in total. The van der Waals surface area contributed by atoms with Gasteiger partial charge in [-0.3, -0.25) is 4.79 Å². The fourth-order valence-corrected chi connectivity index (χ4v) is 2.03. The molecule has 1 heterocycles. The predicted molar refractivity (Wildman–Crippen MR) is 75.4 cm³/mol. The molecule has 0 bridgehead atoms. The summed E-state index contributed by atoms with van der Waals surface area (Å²) in [4.78, 5) is 16.5. The number of imidazole rings is 1. The van der Waals surface area contributed by atoms with Crippen molar-refractivity contribution in [2.24, 2.45) is 7.05 Å². The molecule has 0 spiro atoms. The van der Waals surface area contributed by atoms with Crippen LogP contribution in [0.1, 0.15) is 22.6 Å². The molecule has 0 aliphatic rings. The number of carbonyl (C=O) groups is 1. The zero-order chi connectivity index (χ0) is 14.5. The first-order valence-corrected chi connectivity index (χ1v) is 6.37. The number of carbonyl (C=O) groups excluding carboxylic acids is 1. The smallest absolute Gasteiger partial charge is 0.167 e. The molecule has 106 valence electrons. The molecule has 0 N–H and O–H groups in total. The maximum atomic E-state index is 12.3. The third-order valence-corrected chi connectivity index (χ3v) is 3.20. The fraction of sp³-hybridized carbons (Fsp3) is 0.333. The Bertz CT molecular complexity index is 605. The van der Waals surface area contributed by atoms with Crippen molar-refractivity contribution in [3.8, 4) is 11.5 Å². The third-order valence-electron chi connectivity index (χ3n) is 3.20. The minimum Gasteiger partial charge on any atom is -0.497 e. The van der Waals surface area contributed by atoms with Gasteiger partial charge in [-0.05, 0) is 18.2 Å². The lowest BCUT2D eigenvalue weighted by Crippen LogP contribution is -2.06. The highest BCUT2D eigenvalue weighted by Crippen LogP contribution is 2.25. The Morgan fingerprint density at radius 2 is 2.10 bits per heavy atom. The van der Waals surface area contributed by atoms with Gasteiger partial charge in [-0.2, -0.15) is 0 Å². The molecular weight excluding hydrogens is 256 g/mol. The first-order valence-electron chi connectivity index (χ1n) is 6.37. The van der Waals surface area contributed by atoms with E-state index in [1.165, 1.54) is 0 Å². The number of rotatable bonds is 6. The highest BCUT2D eigenvalue weighted by Gasteiger charge is 2.14. The molecule has 0 unspecified atom stereocenters. The predicted octanol–water partition coefficient (Wildman–Crippen LogP) is 2.25. The Morgan fingerprint density at radius 3 is 2.70 bits per heavy atom. The number of aryl methyl sites for hydroxylation is 2. The second-order valence-electron chi connectivity index (χ2n) is 4.44. The van der Waals surface area contributed by atoms with Crippen molar-refractivity contribution < 1.29 is 14.3 Å². The molecule has 2 rings (SSSR count). The number of ketones is 1. The molecule has 1 aromatic heterocycles. The number of Topliss-reactive ketones (excluding diaryl/α,β-unsaturated/α-hetero) is 1. The van der Waals surface area contributed by atoms with Crippen LogP contribution in [-0.2, 0) is 13.5 Å². The number of ether oxygens (including phenoxy) is 2. The van der Waals surface area contributed by atoms with Crippen LogP contribution in [0.15, 0.2) is 30.6 Å². The lowest BCUT2D eigenvalue weighted by molar-refractivity contribution is 0.0978. The average molecular weight is 274 g/mol. The molecule has 0 amide bonds. The third kappa shape index (κ3) is 2.99. The van der Waals surface area contributed by atoms with Crippen LogP contribution in [0, 0.1) is 0 Å². The molecule has 0 aliphatic carbocycles. The molecule has 20 heavy (non-hydrogen) atoms. The van der Waals surface area contributed by atoms with E-state index in [9.17, 15) is 4.79 Å². The average Bonchev–Trinajstić information content (AvgIpc) is 2.89. The summed E-state index contributed by atoms with van der Waals surface area (Å²) in [7, 11) is 5.04. The van der Waals surface area contributed by atoms with Crippen LogP contribution in [0.5, 0.6) is 11.5 Å².